The highest BCUT2D eigenvalue weighted by atomic mass is 32.1. The summed E-state index contributed by atoms with van der Waals surface area (Å²) in [6.07, 6.45) is 0. The Labute approximate surface area is 125 Å². The molecule has 0 bridgehead atoms. The van der Waals surface area contributed by atoms with Crippen molar-refractivity contribution in [3.63, 3.8) is 0 Å². The third-order valence-electron chi connectivity index (χ3n) is 2.52. The van der Waals surface area contributed by atoms with Gasteiger partial charge in [0.1, 0.15) is 11.5 Å². The Morgan fingerprint density at radius 3 is 2.35 bits per heavy atom. The van der Waals surface area contributed by atoms with Crippen LogP contribution in [0.3, 0.4) is 0 Å². The van der Waals surface area contributed by atoms with Gasteiger partial charge in [0.15, 0.2) is 3.95 Å². The van der Waals surface area contributed by atoms with E-state index in [-0.39, 0.29) is 0 Å². The molecule has 0 aliphatic carbocycles. The number of aromatic nitrogens is 2. The van der Waals surface area contributed by atoms with Gasteiger partial charge < -0.3 is 10.1 Å². The Morgan fingerprint density at radius 1 is 1.00 bits per heavy atom. The summed E-state index contributed by atoms with van der Waals surface area (Å²) in [4.78, 5) is 0. The Morgan fingerprint density at radius 2 is 1.70 bits per heavy atom. The van der Waals surface area contributed by atoms with Crippen LogP contribution >= 0.6 is 23.6 Å². The van der Waals surface area contributed by atoms with Gasteiger partial charge in [0.2, 0.25) is 5.13 Å². The summed E-state index contributed by atoms with van der Waals surface area (Å²) in [6, 6.07) is 17.4. The van der Waals surface area contributed by atoms with Gasteiger partial charge in [-0.1, -0.05) is 29.5 Å². The van der Waals surface area contributed by atoms with Crippen LogP contribution in [-0.4, -0.2) is 10.2 Å². The van der Waals surface area contributed by atoms with E-state index in [0.29, 0.717) is 3.95 Å². The van der Waals surface area contributed by atoms with E-state index >= 15 is 0 Å². The molecule has 0 aliphatic rings. The van der Waals surface area contributed by atoms with Gasteiger partial charge in [0.05, 0.1) is 0 Å². The molecule has 3 rings (SSSR count). The van der Waals surface area contributed by atoms with Gasteiger partial charge in [-0.3, -0.25) is 5.10 Å². The summed E-state index contributed by atoms with van der Waals surface area (Å²) in [5.41, 5.74) is 0.933. The molecule has 0 saturated carbocycles. The lowest BCUT2D eigenvalue weighted by molar-refractivity contribution is 0.483. The molecular formula is C14H11N3OS2. The summed E-state index contributed by atoms with van der Waals surface area (Å²) in [5, 5.41) is 10.7. The number of anilines is 2. The summed E-state index contributed by atoms with van der Waals surface area (Å²) in [5.74, 6) is 1.61. The quantitative estimate of drug-likeness (QED) is 0.684. The van der Waals surface area contributed by atoms with Crippen molar-refractivity contribution in [2.75, 3.05) is 5.32 Å². The maximum absolute atomic E-state index is 5.72. The standard InChI is InChI=1S/C14H11N3OS2/c19-14-17-16-13(20-14)15-10-6-8-12(9-7-10)18-11-4-2-1-3-5-11/h1-9H,(H,15,16)(H,17,19). The van der Waals surface area contributed by atoms with Crippen LogP contribution in [0.5, 0.6) is 11.5 Å². The van der Waals surface area contributed by atoms with Crippen molar-refractivity contribution < 1.29 is 4.74 Å². The van der Waals surface area contributed by atoms with E-state index in [4.69, 9.17) is 17.0 Å². The molecule has 0 aliphatic heterocycles. The van der Waals surface area contributed by atoms with Crippen molar-refractivity contribution in [2.24, 2.45) is 0 Å². The predicted molar refractivity (Wildman–Crippen MR) is 83.5 cm³/mol. The van der Waals surface area contributed by atoms with E-state index in [1.165, 1.54) is 11.3 Å². The second-order valence-electron chi connectivity index (χ2n) is 3.98. The van der Waals surface area contributed by atoms with Crippen LogP contribution in [0, 0.1) is 3.95 Å². The van der Waals surface area contributed by atoms with Gasteiger partial charge in [0, 0.05) is 5.69 Å². The first-order valence-electron chi connectivity index (χ1n) is 5.95. The van der Waals surface area contributed by atoms with E-state index in [9.17, 15) is 0 Å². The fraction of sp³-hybridized carbons (Fsp3) is 0. The number of para-hydroxylation sites is 1. The number of aromatic amines is 1. The number of benzene rings is 2. The van der Waals surface area contributed by atoms with Crippen LogP contribution in [0.2, 0.25) is 0 Å². The van der Waals surface area contributed by atoms with Gasteiger partial charge in [-0.05, 0) is 48.6 Å². The molecule has 1 aromatic heterocycles. The fourth-order valence-corrected chi connectivity index (χ4v) is 2.45. The van der Waals surface area contributed by atoms with Crippen LogP contribution in [0.15, 0.2) is 54.6 Å². The van der Waals surface area contributed by atoms with E-state index in [1.54, 1.807) is 0 Å². The normalized spacial score (nSPS) is 10.2. The highest BCUT2D eigenvalue weighted by Gasteiger charge is 2.00. The first-order chi connectivity index (χ1) is 9.79. The molecule has 0 radical (unpaired) electrons. The number of nitrogens with zero attached hydrogens (tertiary/aromatic N) is 1. The van der Waals surface area contributed by atoms with Crippen LogP contribution in [0.4, 0.5) is 10.8 Å². The van der Waals surface area contributed by atoms with Gasteiger partial charge in [-0.15, -0.1) is 5.10 Å². The van der Waals surface area contributed by atoms with Gasteiger partial charge in [-0.2, -0.15) is 0 Å². The van der Waals surface area contributed by atoms with Crippen LogP contribution in [0.1, 0.15) is 0 Å². The van der Waals surface area contributed by atoms with Crippen molar-refractivity contribution >= 4 is 34.4 Å². The smallest absolute Gasteiger partial charge is 0.208 e. The highest BCUT2D eigenvalue weighted by Crippen LogP contribution is 2.24. The topological polar surface area (TPSA) is 49.9 Å². The zero-order valence-corrected chi connectivity index (χ0v) is 12.0. The van der Waals surface area contributed by atoms with Crippen molar-refractivity contribution in [1.29, 1.82) is 0 Å². The fourth-order valence-electron chi connectivity index (χ4n) is 1.64. The number of ether oxygens (including phenoxy) is 1. The lowest BCUT2D eigenvalue weighted by Crippen LogP contribution is -1.90. The number of rotatable bonds is 4. The highest BCUT2D eigenvalue weighted by molar-refractivity contribution is 7.73. The van der Waals surface area contributed by atoms with E-state index in [0.717, 1.165) is 22.3 Å². The molecule has 0 unspecified atom stereocenters. The lowest BCUT2D eigenvalue weighted by Gasteiger charge is -2.06. The first kappa shape index (κ1) is 12.8. The molecule has 0 amide bonds. The predicted octanol–water partition coefficient (Wildman–Crippen LogP) is 4.74. The number of hydrogen-bond donors (Lipinski definition) is 2. The van der Waals surface area contributed by atoms with E-state index in [2.05, 4.69) is 15.5 Å². The van der Waals surface area contributed by atoms with Gasteiger partial charge in [-0.25, -0.2) is 0 Å². The monoisotopic (exact) mass is 301 g/mol. The molecule has 6 heteroatoms. The average Bonchev–Trinajstić information content (AvgIpc) is 2.88. The van der Waals surface area contributed by atoms with Gasteiger partial charge >= 0.3 is 0 Å². The molecule has 0 saturated heterocycles. The maximum Gasteiger partial charge on any atom is 0.208 e. The molecule has 100 valence electrons. The first-order valence-corrected chi connectivity index (χ1v) is 7.17. The Hall–Kier alpha value is -2.18. The molecule has 4 nitrogen and oxygen atoms in total. The third-order valence-corrected chi connectivity index (χ3v) is 3.53. The number of H-pyrrole nitrogens is 1. The van der Waals surface area contributed by atoms with Crippen molar-refractivity contribution in [1.82, 2.24) is 10.2 Å². The summed E-state index contributed by atoms with van der Waals surface area (Å²) in [6.45, 7) is 0. The Kier molecular flexibility index (Phi) is 3.76. The minimum Gasteiger partial charge on any atom is -0.457 e. The molecule has 1 heterocycles. The molecule has 2 aromatic carbocycles. The molecule has 3 aromatic rings. The zero-order chi connectivity index (χ0) is 13.8. The summed E-state index contributed by atoms with van der Waals surface area (Å²) >= 11 is 6.38. The minimum absolute atomic E-state index is 0.650. The zero-order valence-electron chi connectivity index (χ0n) is 10.4. The molecule has 2 N–H and O–H groups in total. The lowest BCUT2D eigenvalue weighted by atomic mass is 10.3. The summed E-state index contributed by atoms with van der Waals surface area (Å²) < 4.78 is 6.37. The second kappa shape index (κ2) is 5.85. The largest absolute Gasteiger partial charge is 0.457 e. The molecule has 20 heavy (non-hydrogen) atoms. The second-order valence-corrected chi connectivity index (χ2v) is 5.65. The van der Waals surface area contributed by atoms with Crippen molar-refractivity contribution in [2.45, 2.75) is 0 Å². The van der Waals surface area contributed by atoms with Crippen molar-refractivity contribution in [3.05, 3.63) is 58.6 Å². The molecule has 0 spiro atoms. The van der Waals surface area contributed by atoms with Gasteiger partial charge in [0.25, 0.3) is 0 Å². The third kappa shape index (κ3) is 3.23. The molecule has 0 fully saturated rings. The average molecular weight is 301 g/mol. The number of hydrogen-bond acceptors (Lipinski definition) is 5. The van der Waals surface area contributed by atoms with Crippen molar-refractivity contribution in [3.8, 4) is 11.5 Å². The van der Waals surface area contributed by atoms with Crippen LogP contribution in [0.25, 0.3) is 0 Å². The van der Waals surface area contributed by atoms with E-state index < -0.39 is 0 Å². The molecular weight excluding hydrogens is 290 g/mol. The Balaban J connectivity index is 1.70. The van der Waals surface area contributed by atoms with Crippen LogP contribution in [-0.2, 0) is 0 Å². The van der Waals surface area contributed by atoms with Crippen LogP contribution < -0.4 is 10.1 Å². The molecule has 0 atom stereocenters. The maximum atomic E-state index is 5.72. The number of nitrogens with one attached hydrogen (secondary N) is 2. The minimum atomic E-state index is 0.650. The SMILES string of the molecule is S=c1[nH]nc(Nc2ccc(Oc3ccccc3)cc2)s1. The van der Waals surface area contributed by atoms with E-state index in [1.807, 2.05) is 54.6 Å². The summed E-state index contributed by atoms with van der Waals surface area (Å²) in [7, 11) is 0. The Bertz CT molecular complexity index is 735.